The summed E-state index contributed by atoms with van der Waals surface area (Å²) in [5, 5.41) is 0. The molecule has 4 nitrogen and oxygen atoms in total. The van der Waals surface area contributed by atoms with Crippen LogP contribution in [-0.2, 0) is 9.53 Å². The van der Waals surface area contributed by atoms with Crippen LogP contribution in [0.4, 0.5) is 4.79 Å². The largest absolute Gasteiger partial charge is 0.444 e. The number of hydrogen-bond donors (Lipinski definition) is 0. The average molecular weight is 255 g/mol. The van der Waals surface area contributed by atoms with E-state index in [2.05, 4.69) is 6.92 Å². The third-order valence-electron chi connectivity index (χ3n) is 3.05. The highest BCUT2D eigenvalue weighted by atomic mass is 16.6. The Kier molecular flexibility index (Phi) is 5.17. The zero-order valence-corrected chi connectivity index (χ0v) is 12.0. The Hall–Kier alpha value is -1.06. The third kappa shape index (κ3) is 4.67. The minimum Gasteiger partial charge on any atom is -0.444 e. The molecule has 1 atom stereocenters. The summed E-state index contributed by atoms with van der Waals surface area (Å²) in [5.41, 5.74) is -0.500. The minimum absolute atomic E-state index is 0.0177. The lowest BCUT2D eigenvalue weighted by Crippen LogP contribution is -2.35. The average Bonchev–Trinajstić information content (AvgIpc) is 2.58. The smallest absolute Gasteiger partial charge is 0.410 e. The molecule has 0 saturated carbocycles. The Morgan fingerprint density at radius 2 is 2.06 bits per heavy atom. The number of carbonyl (C=O) groups excluding carboxylic acids is 2. The summed E-state index contributed by atoms with van der Waals surface area (Å²) in [7, 11) is 0. The molecular formula is C14H25NO3. The predicted molar refractivity (Wildman–Crippen MR) is 70.4 cm³/mol. The molecule has 1 saturated heterocycles. The lowest BCUT2D eigenvalue weighted by atomic mass is 10.00. The second kappa shape index (κ2) is 6.21. The van der Waals surface area contributed by atoms with Crippen molar-refractivity contribution in [2.45, 2.75) is 59.0 Å². The molecule has 0 radical (unpaired) electrons. The number of rotatable bonds is 4. The van der Waals surface area contributed by atoms with Crippen molar-refractivity contribution in [3.8, 4) is 0 Å². The molecule has 0 aliphatic carbocycles. The van der Waals surface area contributed by atoms with Crippen LogP contribution in [0.5, 0.6) is 0 Å². The standard InChI is InChI=1S/C14H25NO3/c1-5-6-7-8-11-9-15(10-12(11)16)13(17)18-14(2,3)4/h11H,5-10H2,1-4H3. The highest BCUT2D eigenvalue weighted by Gasteiger charge is 2.35. The normalized spacial score (nSPS) is 20.3. The SMILES string of the molecule is CCCCCC1CN(C(=O)OC(C)(C)C)CC1=O. The van der Waals surface area contributed by atoms with Crippen LogP contribution < -0.4 is 0 Å². The van der Waals surface area contributed by atoms with Crippen molar-refractivity contribution in [1.82, 2.24) is 4.90 Å². The second-order valence-corrected chi connectivity index (χ2v) is 6.02. The topological polar surface area (TPSA) is 46.6 Å². The second-order valence-electron chi connectivity index (χ2n) is 6.02. The van der Waals surface area contributed by atoms with Gasteiger partial charge in [-0.25, -0.2) is 4.79 Å². The number of Topliss-reactive ketones (excluding diaryl/α,β-unsaturated/α-hetero) is 1. The van der Waals surface area contributed by atoms with E-state index in [0.29, 0.717) is 6.54 Å². The number of amides is 1. The molecule has 1 unspecified atom stereocenters. The van der Waals surface area contributed by atoms with Crippen molar-refractivity contribution in [1.29, 1.82) is 0 Å². The molecule has 1 heterocycles. The first-order valence-corrected chi connectivity index (χ1v) is 6.84. The third-order valence-corrected chi connectivity index (χ3v) is 3.05. The number of nitrogens with zero attached hydrogens (tertiary/aromatic N) is 1. The van der Waals surface area contributed by atoms with Gasteiger partial charge in [0, 0.05) is 12.5 Å². The van der Waals surface area contributed by atoms with Gasteiger partial charge in [0.05, 0.1) is 6.54 Å². The van der Waals surface area contributed by atoms with Crippen LogP contribution in [0.25, 0.3) is 0 Å². The van der Waals surface area contributed by atoms with Gasteiger partial charge in [0.1, 0.15) is 5.60 Å². The summed E-state index contributed by atoms with van der Waals surface area (Å²) >= 11 is 0. The summed E-state index contributed by atoms with van der Waals surface area (Å²) in [6, 6.07) is 0. The molecule has 0 aromatic carbocycles. The van der Waals surface area contributed by atoms with E-state index in [4.69, 9.17) is 4.74 Å². The number of unbranched alkanes of at least 4 members (excludes halogenated alkanes) is 2. The number of likely N-dealkylation sites (tertiary alicyclic amines) is 1. The van der Waals surface area contributed by atoms with Crippen molar-refractivity contribution >= 4 is 11.9 Å². The van der Waals surface area contributed by atoms with Gasteiger partial charge in [-0.1, -0.05) is 26.2 Å². The maximum Gasteiger partial charge on any atom is 0.410 e. The van der Waals surface area contributed by atoms with Crippen LogP contribution >= 0.6 is 0 Å². The molecule has 1 aliphatic rings. The van der Waals surface area contributed by atoms with E-state index in [1.807, 2.05) is 20.8 Å². The molecule has 1 aliphatic heterocycles. The molecule has 1 rings (SSSR count). The van der Waals surface area contributed by atoms with E-state index in [-0.39, 0.29) is 24.3 Å². The quantitative estimate of drug-likeness (QED) is 0.725. The van der Waals surface area contributed by atoms with Gasteiger partial charge in [0.15, 0.2) is 5.78 Å². The first kappa shape index (κ1) is 15.0. The molecular weight excluding hydrogens is 230 g/mol. The van der Waals surface area contributed by atoms with Crippen molar-refractivity contribution in [3.63, 3.8) is 0 Å². The van der Waals surface area contributed by atoms with E-state index >= 15 is 0 Å². The Balaban J connectivity index is 2.43. The highest BCUT2D eigenvalue weighted by molar-refractivity contribution is 5.89. The van der Waals surface area contributed by atoms with E-state index in [1.54, 1.807) is 0 Å². The molecule has 0 spiro atoms. The number of hydrogen-bond acceptors (Lipinski definition) is 3. The number of carbonyl (C=O) groups is 2. The molecule has 0 aromatic heterocycles. The van der Waals surface area contributed by atoms with Gasteiger partial charge in [0.2, 0.25) is 0 Å². The van der Waals surface area contributed by atoms with Gasteiger partial charge in [0.25, 0.3) is 0 Å². The van der Waals surface area contributed by atoms with Crippen molar-refractivity contribution in [2.24, 2.45) is 5.92 Å². The predicted octanol–water partition coefficient (Wildman–Crippen LogP) is 3.00. The Labute approximate surface area is 110 Å². The van der Waals surface area contributed by atoms with Crippen molar-refractivity contribution in [2.75, 3.05) is 13.1 Å². The van der Waals surface area contributed by atoms with Gasteiger partial charge in [-0.2, -0.15) is 0 Å². The monoisotopic (exact) mass is 255 g/mol. The van der Waals surface area contributed by atoms with Gasteiger partial charge >= 0.3 is 6.09 Å². The zero-order valence-electron chi connectivity index (χ0n) is 12.0. The zero-order chi connectivity index (χ0) is 13.8. The van der Waals surface area contributed by atoms with E-state index < -0.39 is 5.60 Å². The first-order chi connectivity index (χ1) is 8.33. The Morgan fingerprint density at radius 3 is 2.61 bits per heavy atom. The van der Waals surface area contributed by atoms with E-state index in [0.717, 1.165) is 25.7 Å². The maximum atomic E-state index is 11.8. The van der Waals surface area contributed by atoms with E-state index in [1.165, 1.54) is 4.90 Å². The van der Waals surface area contributed by atoms with Crippen LogP contribution in [-0.4, -0.2) is 35.5 Å². The number of ether oxygens (including phenoxy) is 1. The lowest BCUT2D eigenvalue weighted by Gasteiger charge is -2.24. The molecule has 104 valence electrons. The van der Waals surface area contributed by atoms with Crippen LogP contribution in [0, 0.1) is 5.92 Å². The summed E-state index contributed by atoms with van der Waals surface area (Å²) in [6.07, 6.45) is 3.89. The van der Waals surface area contributed by atoms with Gasteiger partial charge < -0.3 is 9.64 Å². The maximum absolute atomic E-state index is 11.8. The molecule has 0 aromatic rings. The summed E-state index contributed by atoms with van der Waals surface area (Å²) in [5.74, 6) is 0.195. The summed E-state index contributed by atoms with van der Waals surface area (Å²) in [6.45, 7) is 8.39. The minimum atomic E-state index is -0.500. The van der Waals surface area contributed by atoms with Crippen molar-refractivity contribution in [3.05, 3.63) is 0 Å². The molecule has 1 fully saturated rings. The molecule has 0 bridgehead atoms. The van der Waals surface area contributed by atoms with Crippen LogP contribution in [0.3, 0.4) is 0 Å². The fraction of sp³-hybridized carbons (Fsp3) is 0.857. The van der Waals surface area contributed by atoms with E-state index in [9.17, 15) is 9.59 Å². The van der Waals surface area contributed by atoms with Crippen molar-refractivity contribution < 1.29 is 14.3 Å². The first-order valence-electron chi connectivity index (χ1n) is 6.84. The lowest BCUT2D eigenvalue weighted by molar-refractivity contribution is -0.120. The summed E-state index contributed by atoms with van der Waals surface area (Å²) < 4.78 is 5.28. The van der Waals surface area contributed by atoms with Crippen LogP contribution in [0.1, 0.15) is 53.4 Å². The van der Waals surface area contributed by atoms with Gasteiger partial charge in [-0.05, 0) is 27.2 Å². The molecule has 4 heteroatoms. The highest BCUT2D eigenvalue weighted by Crippen LogP contribution is 2.21. The Bertz CT molecular complexity index is 307. The Morgan fingerprint density at radius 1 is 1.39 bits per heavy atom. The fourth-order valence-electron chi connectivity index (χ4n) is 2.11. The molecule has 18 heavy (non-hydrogen) atoms. The summed E-state index contributed by atoms with van der Waals surface area (Å²) in [4.78, 5) is 25.2. The molecule has 0 N–H and O–H groups in total. The van der Waals surface area contributed by atoms with Crippen LogP contribution in [0.2, 0.25) is 0 Å². The molecule has 1 amide bonds. The van der Waals surface area contributed by atoms with Gasteiger partial charge in [-0.15, -0.1) is 0 Å². The number of ketones is 1. The fourth-order valence-corrected chi connectivity index (χ4v) is 2.11. The van der Waals surface area contributed by atoms with Gasteiger partial charge in [-0.3, -0.25) is 4.79 Å². The van der Waals surface area contributed by atoms with Crippen LogP contribution in [0.15, 0.2) is 0 Å².